The Hall–Kier alpha value is -1.19. The molecule has 0 aliphatic rings. The number of pyridine rings is 1. The zero-order chi connectivity index (χ0) is 9.97. The SMILES string of the molecule is O=Cc1cc(-c2cc(Cl)ccn2)cs1. The van der Waals surface area contributed by atoms with Crippen LogP contribution in [0.15, 0.2) is 29.8 Å². The molecule has 2 rings (SSSR count). The van der Waals surface area contributed by atoms with Crippen LogP contribution in [-0.4, -0.2) is 11.3 Å². The molecule has 0 unspecified atom stereocenters. The van der Waals surface area contributed by atoms with Crippen LogP contribution in [-0.2, 0) is 0 Å². The van der Waals surface area contributed by atoms with Crippen LogP contribution >= 0.6 is 22.9 Å². The van der Waals surface area contributed by atoms with Crippen LogP contribution in [0.4, 0.5) is 0 Å². The van der Waals surface area contributed by atoms with Crippen LogP contribution in [0.5, 0.6) is 0 Å². The van der Waals surface area contributed by atoms with Crippen molar-refractivity contribution in [1.29, 1.82) is 0 Å². The second kappa shape index (κ2) is 3.90. The molecule has 2 heterocycles. The number of carbonyl (C=O) groups is 1. The third kappa shape index (κ3) is 1.84. The minimum absolute atomic E-state index is 0.647. The summed E-state index contributed by atoms with van der Waals surface area (Å²) in [5, 5.41) is 2.54. The Balaban J connectivity index is 2.43. The van der Waals surface area contributed by atoms with Crippen molar-refractivity contribution in [3.05, 3.63) is 39.7 Å². The molecule has 0 N–H and O–H groups in total. The molecule has 2 nitrogen and oxygen atoms in total. The lowest BCUT2D eigenvalue weighted by Gasteiger charge is -1.95. The van der Waals surface area contributed by atoms with Crippen molar-refractivity contribution in [3.8, 4) is 11.3 Å². The van der Waals surface area contributed by atoms with Gasteiger partial charge in [0.05, 0.1) is 10.6 Å². The molecule has 0 bridgehead atoms. The van der Waals surface area contributed by atoms with Crippen molar-refractivity contribution in [3.63, 3.8) is 0 Å². The maximum absolute atomic E-state index is 10.5. The average molecular weight is 224 g/mol. The largest absolute Gasteiger partial charge is 0.297 e. The van der Waals surface area contributed by atoms with Gasteiger partial charge >= 0.3 is 0 Å². The predicted octanol–water partition coefficient (Wildman–Crippen LogP) is 3.28. The van der Waals surface area contributed by atoms with E-state index in [0.717, 1.165) is 17.5 Å². The average Bonchev–Trinajstić information content (AvgIpc) is 2.66. The molecule has 0 radical (unpaired) electrons. The summed E-state index contributed by atoms with van der Waals surface area (Å²) in [5.41, 5.74) is 1.72. The molecule has 2 aromatic rings. The molecule has 0 aromatic carbocycles. The van der Waals surface area contributed by atoms with Crippen molar-refractivity contribution in [2.45, 2.75) is 0 Å². The Morgan fingerprint density at radius 1 is 1.43 bits per heavy atom. The minimum Gasteiger partial charge on any atom is -0.297 e. The Labute approximate surface area is 90.2 Å². The molecule has 70 valence electrons. The van der Waals surface area contributed by atoms with Crippen molar-refractivity contribution >= 4 is 29.2 Å². The van der Waals surface area contributed by atoms with E-state index in [2.05, 4.69) is 4.98 Å². The van der Waals surface area contributed by atoms with Crippen LogP contribution < -0.4 is 0 Å². The first-order valence-electron chi connectivity index (χ1n) is 3.95. The summed E-state index contributed by atoms with van der Waals surface area (Å²) >= 11 is 7.23. The molecule has 0 atom stereocenters. The zero-order valence-electron chi connectivity index (χ0n) is 7.11. The molecule has 0 fully saturated rings. The van der Waals surface area contributed by atoms with Gasteiger partial charge in [-0.1, -0.05) is 11.6 Å². The van der Waals surface area contributed by atoms with E-state index in [1.54, 1.807) is 24.4 Å². The topological polar surface area (TPSA) is 30.0 Å². The number of rotatable bonds is 2. The number of carbonyl (C=O) groups excluding carboxylic acids is 1. The lowest BCUT2D eigenvalue weighted by Crippen LogP contribution is -1.79. The molecule has 4 heteroatoms. The monoisotopic (exact) mass is 223 g/mol. The lowest BCUT2D eigenvalue weighted by atomic mass is 10.2. The standard InChI is InChI=1S/C10H6ClNOS/c11-8-1-2-12-10(4-8)7-3-9(5-13)14-6-7/h1-6H. The number of aromatic nitrogens is 1. The van der Waals surface area contributed by atoms with Gasteiger partial charge in [-0.3, -0.25) is 9.78 Å². The summed E-state index contributed by atoms with van der Waals surface area (Å²) in [6.45, 7) is 0. The molecule has 0 amide bonds. The molecule has 2 aromatic heterocycles. The second-order valence-corrected chi connectivity index (χ2v) is 4.09. The van der Waals surface area contributed by atoms with Crippen LogP contribution in [0.2, 0.25) is 5.02 Å². The zero-order valence-corrected chi connectivity index (χ0v) is 8.68. The number of hydrogen-bond acceptors (Lipinski definition) is 3. The Kier molecular flexibility index (Phi) is 2.61. The smallest absolute Gasteiger partial charge is 0.160 e. The highest BCUT2D eigenvalue weighted by atomic mass is 35.5. The fourth-order valence-electron chi connectivity index (χ4n) is 1.11. The quantitative estimate of drug-likeness (QED) is 0.732. The van der Waals surface area contributed by atoms with E-state index in [1.165, 1.54) is 11.3 Å². The van der Waals surface area contributed by atoms with E-state index in [4.69, 9.17) is 11.6 Å². The maximum atomic E-state index is 10.5. The van der Waals surface area contributed by atoms with Gasteiger partial charge in [-0.05, 0) is 18.2 Å². The van der Waals surface area contributed by atoms with Gasteiger partial charge in [0.2, 0.25) is 0 Å². The number of halogens is 1. The van der Waals surface area contributed by atoms with E-state index in [9.17, 15) is 4.79 Å². The lowest BCUT2D eigenvalue weighted by molar-refractivity contribution is 0.112. The fourth-order valence-corrected chi connectivity index (χ4v) is 1.97. The summed E-state index contributed by atoms with van der Waals surface area (Å²) in [7, 11) is 0. The molecule has 0 saturated carbocycles. The summed E-state index contributed by atoms with van der Waals surface area (Å²) < 4.78 is 0. The van der Waals surface area contributed by atoms with Crippen molar-refractivity contribution < 1.29 is 4.79 Å². The first-order chi connectivity index (χ1) is 6.79. The maximum Gasteiger partial charge on any atom is 0.160 e. The Morgan fingerprint density at radius 2 is 2.29 bits per heavy atom. The summed E-state index contributed by atoms with van der Waals surface area (Å²) in [6, 6.07) is 5.30. The number of hydrogen-bond donors (Lipinski definition) is 0. The van der Waals surface area contributed by atoms with Crippen molar-refractivity contribution in [2.75, 3.05) is 0 Å². The minimum atomic E-state index is 0.647. The summed E-state index contributed by atoms with van der Waals surface area (Å²) in [6.07, 6.45) is 2.48. The molecule has 0 aliphatic carbocycles. The molecule has 0 spiro atoms. The van der Waals surface area contributed by atoms with E-state index in [1.807, 2.05) is 5.38 Å². The third-order valence-electron chi connectivity index (χ3n) is 1.75. The predicted molar refractivity (Wildman–Crippen MR) is 57.9 cm³/mol. The van der Waals surface area contributed by atoms with Gasteiger partial charge in [-0.2, -0.15) is 0 Å². The van der Waals surface area contributed by atoms with Gasteiger partial charge in [-0.15, -0.1) is 11.3 Å². The van der Waals surface area contributed by atoms with Gasteiger partial charge in [0.1, 0.15) is 0 Å². The van der Waals surface area contributed by atoms with E-state index in [0.29, 0.717) is 9.90 Å². The molecule has 14 heavy (non-hydrogen) atoms. The highest BCUT2D eigenvalue weighted by molar-refractivity contribution is 7.12. The van der Waals surface area contributed by atoms with Gasteiger partial charge in [0.25, 0.3) is 0 Å². The van der Waals surface area contributed by atoms with Gasteiger partial charge in [0.15, 0.2) is 6.29 Å². The first-order valence-corrected chi connectivity index (χ1v) is 5.21. The molecular formula is C10H6ClNOS. The van der Waals surface area contributed by atoms with Crippen LogP contribution in [0.25, 0.3) is 11.3 Å². The molecule has 0 saturated heterocycles. The Morgan fingerprint density at radius 3 is 2.93 bits per heavy atom. The summed E-state index contributed by atoms with van der Waals surface area (Å²) in [5.74, 6) is 0. The first kappa shape index (κ1) is 9.37. The summed E-state index contributed by atoms with van der Waals surface area (Å²) in [4.78, 5) is 15.3. The number of nitrogens with zero attached hydrogens (tertiary/aromatic N) is 1. The second-order valence-electron chi connectivity index (χ2n) is 2.71. The highest BCUT2D eigenvalue weighted by Gasteiger charge is 2.03. The highest BCUT2D eigenvalue weighted by Crippen LogP contribution is 2.24. The normalized spacial score (nSPS) is 10.1. The van der Waals surface area contributed by atoms with Gasteiger partial charge < -0.3 is 0 Å². The van der Waals surface area contributed by atoms with Crippen LogP contribution in [0.3, 0.4) is 0 Å². The number of aldehydes is 1. The van der Waals surface area contributed by atoms with E-state index in [-0.39, 0.29) is 0 Å². The van der Waals surface area contributed by atoms with Crippen LogP contribution in [0.1, 0.15) is 9.67 Å². The van der Waals surface area contributed by atoms with Crippen molar-refractivity contribution in [2.24, 2.45) is 0 Å². The van der Waals surface area contributed by atoms with Gasteiger partial charge in [-0.25, -0.2) is 0 Å². The van der Waals surface area contributed by atoms with Crippen LogP contribution in [0, 0.1) is 0 Å². The fraction of sp³-hybridized carbons (Fsp3) is 0. The van der Waals surface area contributed by atoms with Gasteiger partial charge in [0, 0.05) is 22.2 Å². The van der Waals surface area contributed by atoms with E-state index < -0.39 is 0 Å². The molecule has 0 aliphatic heterocycles. The number of thiophene rings is 1. The Bertz CT molecular complexity index is 467. The van der Waals surface area contributed by atoms with Crippen molar-refractivity contribution in [1.82, 2.24) is 4.98 Å². The third-order valence-corrected chi connectivity index (χ3v) is 2.85. The molecular weight excluding hydrogens is 218 g/mol. The van der Waals surface area contributed by atoms with E-state index >= 15 is 0 Å².